The van der Waals surface area contributed by atoms with Crippen LogP contribution in [0.2, 0.25) is 0 Å². The molecule has 22 heavy (non-hydrogen) atoms. The Kier molecular flexibility index (Phi) is 5.37. The zero-order chi connectivity index (χ0) is 15.9. The monoisotopic (exact) mass is 303 g/mol. The maximum atomic E-state index is 12.3. The van der Waals surface area contributed by atoms with Gasteiger partial charge in [0.1, 0.15) is 0 Å². The van der Waals surface area contributed by atoms with E-state index in [1.54, 1.807) is 12.1 Å². The van der Waals surface area contributed by atoms with E-state index >= 15 is 0 Å². The number of benzene rings is 1. The number of hydrogen-bond donors (Lipinski definition) is 1. The van der Waals surface area contributed by atoms with Gasteiger partial charge in [-0.05, 0) is 5.56 Å². The van der Waals surface area contributed by atoms with Gasteiger partial charge in [-0.25, -0.2) is 4.79 Å². The van der Waals surface area contributed by atoms with E-state index < -0.39 is 23.8 Å². The Morgan fingerprint density at radius 3 is 2.68 bits per heavy atom. The first-order valence-corrected chi connectivity index (χ1v) is 6.82. The second-order valence-corrected chi connectivity index (χ2v) is 4.73. The summed E-state index contributed by atoms with van der Waals surface area (Å²) in [5.41, 5.74) is 0.801. The Labute approximate surface area is 128 Å². The number of nitrogens with one attached hydrogen (secondary N) is 1. The minimum absolute atomic E-state index is 0.112. The lowest BCUT2D eigenvalue weighted by Crippen LogP contribution is -2.57. The van der Waals surface area contributed by atoms with Crippen LogP contribution in [0.1, 0.15) is 5.56 Å². The Hall–Kier alpha value is -2.54. The van der Waals surface area contributed by atoms with Crippen molar-refractivity contribution in [3.8, 4) is 0 Å². The molecule has 1 heterocycles. The summed E-state index contributed by atoms with van der Waals surface area (Å²) in [6.45, 7) is 0.854. The lowest BCUT2D eigenvalue weighted by atomic mass is 10.1. The van der Waals surface area contributed by atoms with Gasteiger partial charge in [0.25, 0.3) is 0 Å². The molecule has 1 unspecified atom stereocenters. The van der Waals surface area contributed by atoms with E-state index in [2.05, 4.69) is 10.3 Å². The first-order valence-electron chi connectivity index (χ1n) is 6.82. The van der Waals surface area contributed by atoms with Gasteiger partial charge in [-0.2, -0.15) is 0 Å². The van der Waals surface area contributed by atoms with Crippen LogP contribution >= 0.6 is 0 Å². The number of hydrogen-bond acceptors (Lipinski definition) is 5. The van der Waals surface area contributed by atoms with E-state index in [1.807, 2.05) is 18.2 Å². The van der Waals surface area contributed by atoms with Gasteiger partial charge in [-0.15, -0.1) is 0 Å². The van der Waals surface area contributed by atoms with Crippen molar-refractivity contribution in [3.05, 3.63) is 35.9 Å². The van der Waals surface area contributed by atoms with Crippen LogP contribution in [0.5, 0.6) is 0 Å². The lowest BCUT2D eigenvalue weighted by Gasteiger charge is -2.28. The molecule has 0 spiro atoms. The Balaban J connectivity index is 2.10. The van der Waals surface area contributed by atoms with E-state index in [-0.39, 0.29) is 6.54 Å². The minimum Gasteiger partial charge on any atom is -0.383 e. The number of imide groups is 2. The normalized spacial score (nSPS) is 18.9. The van der Waals surface area contributed by atoms with Gasteiger partial charge in [0.05, 0.1) is 19.7 Å². The first kappa shape index (κ1) is 15.8. The molecule has 1 aliphatic rings. The Morgan fingerprint density at radius 2 is 2.00 bits per heavy atom. The summed E-state index contributed by atoms with van der Waals surface area (Å²) in [5.74, 6) is -2.31. The van der Waals surface area contributed by atoms with Crippen LogP contribution in [0, 0.1) is 5.92 Å². The van der Waals surface area contributed by atoms with Gasteiger partial charge < -0.3 is 4.74 Å². The van der Waals surface area contributed by atoms with Crippen LogP contribution in [0.3, 0.4) is 0 Å². The standard InChI is InChI=1S/C15H17N3O4/c1-22-8-7-16-9-12-13(19)17-15(21)18(14(12)20)10-11-5-3-2-4-6-11/h2-6,9,12H,7-8,10H2,1H3,(H,17,19,21). The number of carbonyl (C=O) groups is 3. The Bertz CT molecular complexity index is 586. The van der Waals surface area contributed by atoms with E-state index in [9.17, 15) is 14.4 Å². The van der Waals surface area contributed by atoms with Crippen molar-refractivity contribution in [3.63, 3.8) is 0 Å². The third kappa shape index (κ3) is 3.76. The number of barbiturate groups is 1. The zero-order valence-electron chi connectivity index (χ0n) is 12.2. The van der Waals surface area contributed by atoms with Crippen molar-refractivity contribution in [2.75, 3.05) is 20.3 Å². The van der Waals surface area contributed by atoms with Gasteiger partial charge >= 0.3 is 6.03 Å². The molecule has 1 fully saturated rings. The van der Waals surface area contributed by atoms with Crippen LogP contribution in [-0.2, 0) is 20.9 Å². The largest absolute Gasteiger partial charge is 0.383 e. The predicted octanol–water partition coefficient (Wildman–Crippen LogP) is 0.598. The maximum absolute atomic E-state index is 12.3. The summed E-state index contributed by atoms with van der Waals surface area (Å²) in [4.78, 5) is 41.0. The minimum atomic E-state index is -1.08. The second-order valence-electron chi connectivity index (χ2n) is 4.73. The van der Waals surface area contributed by atoms with E-state index in [0.717, 1.165) is 10.5 Å². The molecule has 7 nitrogen and oxygen atoms in total. The number of carbonyl (C=O) groups excluding carboxylic acids is 3. The molecule has 0 aliphatic carbocycles. The fourth-order valence-electron chi connectivity index (χ4n) is 2.00. The fraction of sp³-hybridized carbons (Fsp3) is 0.333. The highest BCUT2D eigenvalue weighted by Crippen LogP contribution is 2.13. The smallest absolute Gasteiger partial charge is 0.331 e. The fourth-order valence-corrected chi connectivity index (χ4v) is 2.00. The van der Waals surface area contributed by atoms with Crippen molar-refractivity contribution >= 4 is 24.1 Å². The summed E-state index contributed by atoms with van der Waals surface area (Å²) in [5, 5.41) is 2.18. The number of nitrogens with zero attached hydrogens (tertiary/aromatic N) is 2. The highest BCUT2D eigenvalue weighted by Gasteiger charge is 2.39. The van der Waals surface area contributed by atoms with Gasteiger partial charge in [0, 0.05) is 13.3 Å². The SMILES string of the molecule is COCCN=CC1C(=O)NC(=O)N(Cc2ccccc2)C1=O. The number of methoxy groups -OCH3 is 1. The highest BCUT2D eigenvalue weighted by molar-refractivity contribution is 6.23. The first-order chi connectivity index (χ1) is 10.6. The molecule has 1 aromatic rings. The topological polar surface area (TPSA) is 88.1 Å². The molecule has 1 aromatic carbocycles. The zero-order valence-corrected chi connectivity index (χ0v) is 12.2. The molecule has 1 N–H and O–H groups in total. The summed E-state index contributed by atoms with van der Waals surface area (Å²) in [6, 6.07) is 8.38. The third-order valence-corrected chi connectivity index (χ3v) is 3.15. The highest BCUT2D eigenvalue weighted by atomic mass is 16.5. The molecule has 1 atom stereocenters. The van der Waals surface area contributed by atoms with Crippen molar-refractivity contribution in [2.45, 2.75) is 6.54 Å². The van der Waals surface area contributed by atoms with Crippen LogP contribution in [0.4, 0.5) is 4.79 Å². The summed E-state index contributed by atoms with van der Waals surface area (Å²) >= 11 is 0. The summed E-state index contributed by atoms with van der Waals surface area (Å²) in [7, 11) is 1.54. The number of ether oxygens (including phenoxy) is 1. The van der Waals surface area contributed by atoms with Crippen LogP contribution in [0.25, 0.3) is 0 Å². The van der Waals surface area contributed by atoms with Crippen molar-refractivity contribution < 1.29 is 19.1 Å². The van der Waals surface area contributed by atoms with E-state index in [4.69, 9.17) is 4.74 Å². The Morgan fingerprint density at radius 1 is 1.27 bits per heavy atom. The molecule has 0 aromatic heterocycles. The molecule has 4 amide bonds. The molecular formula is C15H17N3O4. The summed E-state index contributed by atoms with van der Waals surface area (Å²) < 4.78 is 4.84. The lowest BCUT2D eigenvalue weighted by molar-refractivity contribution is -0.139. The van der Waals surface area contributed by atoms with Gasteiger partial charge in [-0.3, -0.25) is 24.8 Å². The van der Waals surface area contributed by atoms with Crippen LogP contribution in [0.15, 0.2) is 35.3 Å². The molecule has 116 valence electrons. The number of amides is 4. The van der Waals surface area contributed by atoms with Crippen LogP contribution < -0.4 is 5.32 Å². The molecule has 2 rings (SSSR count). The van der Waals surface area contributed by atoms with E-state index in [0.29, 0.717) is 13.2 Å². The van der Waals surface area contributed by atoms with E-state index in [1.165, 1.54) is 13.3 Å². The molecular weight excluding hydrogens is 286 g/mol. The molecule has 0 radical (unpaired) electrons. The van der Waals surface area contributed by atoms with Gasteiger partial charge in [-0.1, -0.05) is 30.3 Å². The number of urea groups is 1. The van der Waals surface area contributed by atoms with Crippen molar-refractivity contribution in [1.82, 2.24) is 10.2 Å². The maximum Gasteiger partial charge on any atom is 0.331 e. The average molecular weight is 303 g/mol. The average Bonchev–Trinajstić information content (AvgIpc) is 2.51. The molecule has 0 saturated carbocycles. The van der Waals surface area contributed by atoms with Crippen molar-refractivity contribution in [1.29, 1.82) is 0 Å². The van der Waals surface area contributed by atoms with Crippen LogP contribution in [-0.4, -0.2) is 49.2 Å². The second kappa shape index (κ2) is 7.46. The van der Waals surface area contributed by atoms with Gasteiger partial charge in [0.15, 0.2) is 5.92 Å². The molecule has 7 heteroatoms. The quantitative estimate of drug-likeness (QED) is 0.473. The summed E-state index contributed by atoms with van der Waals surface area (Å²) in [6.07, 6.45) is 1.26. The molecule has 1 aliphatic heterocycles. The van der Waals surface area contributed by atoms with Crippen molar-refractivity contribution in [2.24, 2.45) is 10.9 Å². The molecule has 1 saturated heterocycles. The molecule has 0 bridgehead atoms. The van der Waals surface area contributed by atoms with Gasteiger partial charge in [0.2, 0.25) is 11.8 Å². The third-order valence-electron chi connectivity index (χ3n) is 3.15. The number of rotatable bonds is 6. The predicted molar refractivity (Wildman–Crippen MR) is 79.3 cm³/mol. The number of aliphatic imine (C=N–C) groups is 1.